The van der Waals surface area contributed by atoms with Crippen LogP contribution in [0.2, 0.25) is 0 Å². The number of nitrogens with zero attached hydrogens (tertiary/aromatic N) is 5. The molecular weight excluding hydrogens is 166 g/mol. The fourth-order valence-electron chi connectivity index (χ4n) is 2.64. The first kappa shape index (κ1) is 7.44. The van der Waals surface area contributed by atoms with Crippen molar-refractivity contribution >= 4 is 0 Å². The number of aromatic nitrogens is 4. The van der Waals surface area contributed by atoms with Crippen molar-refractivity contribution in [3.05, 3.63) is 5.82 Å². The van der Waals surface area contributed by atoms with Crippen LogP contribution in [0.25, 0.3) is 0 Å². The molecule has 1 aromatic heterocycles. The van der Waals surface area contributed by atoms with Crippen molar-refractivity contribution in [2.45, 2.75) is 5.92 Å². The molecule has 70 valence electrons. The Labute approximate surface area is 76.7 Å². The van der Waals surface area contributed by atoms with Crippen LogP contribution in [0, 0.1) is 11.8 Å². The topological polar surface area (TPSA) is 46.8 Å². The highest BCUT2D eigenvalue weighted by Gasteiger charge is 2.57. The number of hydrogen-bond acceptors (Lipinski definition) is 4. The van der Waals surface area contributed by atoms with Gasteiger partial charge in [0.2, 0.25) is 0 Å². The van der Waals surface area contributed by atoms with E-state index in [0.717, 1.165) is 17.7 Å². The van der Waals surface area contributed by atoms with E-state index in [9.17, 15) is 0 Å². The van der Waals surface area contributed by atoms with Crippen LogP contribution in [0.4, 0.5) is 0 Å². The maximum absolute atomic E-state index is 4.07. The highest BCUT2D eigenvalue weighted by molar-refractivity contribution is 5.18. The van der Waals surface area contributed by atoms with Gasteiger partial charge in [-0.2, -0.15) is 0 Å². The summed E-state index contributed by atoms with van der Waals surface area (Å²) in [6.45, 7) is 2.42. The number of fused-ring (bicyclic) bond motifs is 1. The van der Waals surface area contributed by atoms with Gasteiger partial charge in [-0.3, -0.25) is 0 Å². The first-order chi connectivity index (χ1) is 6.27. The Balaban J connectivity index is 1.82. The molecule has 0 unspecified atom stereocenters. The predicted octanol–water partition coefficient (Wildman–Crippen LogP) is -0.515. The normalized spacial score (nSPS) is 37.8. The molecule has 5 heteroatoms. The number of aryl methyl sites for hydroxylation is 1. The Bertz CT molecular complexity index is 321. The molecule has 0 aromatic carbocycles. The molecule has 1 saturated carbocycles. The number of hydrogen-bond donors (Lipinski definition) is 0. The van der Waals surface area contributed by atoms with Gasteiger partial charge >= 0.3 is 0 Å². The van der Waals surface area contributed by atoms with Crippen molar-refractivity contribution < 1.29 is 0 Å². The molecule has 0 amide bonds. The Hall–Kier alpha value is -0.970. The summed E-state index contributed by atoms with van der Waals surface area (Å²) in [6.07, 6.45) is 0. The van der Waals surface area contributed by atoms with Crippen molar-refractivity contribution in [1.82, 2.24) is 25.1 Å². The van der Waals surface area contributed by atoms with Crippen LogP contribution in [0.1, 0.15) is 11.7 Å². The highest BCUT2D eigenvalue weighted by atomic mass is 15.5. The zero-order valence-corrected chi connectivity index (χ0v) is 7.88. The van der Waals surface area contributed by atoms with Gasteiger partial charge in [-0.1, -0.05) is 0 Å². The van der Waals surface area contributed by atoms with Crippen molar-refractivity contribution in [3.8, 4) is 0 Å². The zero-order valence-electron chi connectivity index (χ0n) is 7.88. The van der Waals surface area contributed by atoms with Crippen molar-refractivity contribution in [3.63, 3.8) is 0 Å². The van der Waals surface area contributed by atoms with Crippen LogP contribution in [-0.2, 0) is 7.05 Å². The molecule has 13 heavy (non-hydrogen) atoms. The van der Waals surface area contributed by atoms with Gasteiger partial charge in [-0.05, 0) is 29.3 Å². The monoisotopic (exact) mass is 179 g/mol. The third kappa shape index (κ3) is 0.934. The third-order valence-corrected chi connectivity index (χ3v) is 3.33. The summed E-state index contributed by atoms with van der Waals surface area (Å²) in [6, 6.07) is 0. The second kappa shape index (κ2) is 2.29. The van der Waals surface area contributed by atoms with Crippen LogP contribution in [0.5, 0.6) is 0 Å². The summed E-state index contributed by atoms with van der Waals surface area (Å²) in [5.74, 6) is 3.34. The van der Waals surface area contributed by atoms with Crippen molar-refractivity contribution in [1.29, 1.82) is 0 Å². The largest absolute Gasteiger partial charge is 0.306 e. The van der Waals surface area contributed by atoms with Gasteiger partial charge < -0.3 is 4.90 Å². The molecule has 0 spiro atoms. The first-order valence-corrected chi connectivity index (χ1v) is 4.68. The molecule has 0 radical (unpaired) electrons. The molecule has 1 aromatic rings. The van der Waals surface area contributed by atoms with Crippen LogP contribution < -0.4 is 0 Å². The number of rotatable bonds is 1. The summed E-state index contributed by atoms with van der Waals surface area (Å²) >= 11 is 0. The maximum atomic E-state index is 4.07. The molecule has 3 rings (SSSR count). The van der Waals surface area contributed by atoms with E-state index in [1.54, 1.807) is 0 Å². The van der Waals surface area contributed by atoms with E-state index in [2.05, 4.69) is 27.5 Å². The molecule has 2 fully saturated rings. The van der Waals surface area contributed by atoms with Gasteiger partial charge in [0.1, 0.15) is 0 Å². The second-order valence-electron chi connectivity index (χ2n) is 4.24. The average molecular weight is 179 g/mol. The van der Waals surface area contributed by atoms with E-state index < -0.39 is 0 Å². The molecule has 1 saturated heterocycles. The van der Waals surface area contributed by atoms with E-state index in [4.69, 9.17) is 0 Å². The molecule has 3 atom stereocenters. The van der Waals surface area contributed by atoms with Gasteiger partial charge in [-0.25, -0.2) is 4.68 Å². The van der Waals surface area contributed by atoms with Crippen molar-refractivity contribution in [2.24, 2.45) is 18.9 Å². The summed E-state index contributed by atoms with van der Waals surface area (Å²) in [4.78, 5) is 2.38. The fraction of sp³-hybridized carbons (Fsp3) is 0.875. The highest BCUT2D eigenvalue weighted by Crippen LogP contribution is 2.56. The molecule has 1 aliphatic carbocycles. The minimum absolute atomic E-state index is 0.635. The molecule has 0 N–H and O–H groups in total. The quantitative estimate of drug-likeness (QED) is 0.582. The van der Waals surface area contributed by atoms with E-state index in [1.807, 2.05) is 11.7 Å². The Morgan fingerprint density at radius 3 is 2.46 bits per heavy atom. The summed E-state index contributed by atoms with van der Waals surface area (Å²) in [7, 11) is 4.10. The SMILES string of the molecule is CN1C[C@@H]2[C@H](C1)[C@H]2c1nnnn1C. The number of piperidine rings is 1. The summed E-state index contributed by atoms with van der Waals surface area (Å²) < 4.78 is 1.81. The van der Waals surface area contributed by atoms with Gasteiger partial charge in [0, 0.05) is 26.1 Å². The standard InChI is InChI=1S/C8H13N5/c1-12-3-5-6(4-12)7(5)8-9-10-11-13(8)2/h5-7H,3-4H2,1-2H3/t5-,6+,7+. The van der Waals surface area contributed by atoms with Gasteiger partial charge in [0.05, 0.1) is 0 Å². The zero-order chi connectivity index (χ0) is 9.00. The van der Waals surface area contributed by atoms with Gasteiger partial charge in [-0.15, -0.1) is 5.10 Å². The Morgan fingerprint density at radius 2 is 1.92 bits per heavy atom. The molecule has 1 aliphatic heterocycles. The van der Waals surface area contributed by atoms with Crippen LogP contribution in [0.15, 0.2) is 0 Å². The minimum atomic E-state index is 0.635. The Morgan fingerprint density at radius 1 is 1.23 bits per heavy atom. The number of likely N-dealkylation sites (tertiary alicyclic amines) is 1. The lowest BCUT2D eigenvalue weighted by molar-refractivity contribution is 0.358. The number of tetrazole rings is 1. The van der Waals surface area contributed by atoms with Gasteiger partial charge in [0.15, 0.2) is 5.82 Å². The lowest BCUT2D eigenvalue weighted by atomic mass is 10.2. The summed E-state index contributed by atoms with van der Waals surface area (Å²) in [5.41, 5.74) is 0. The molecule has 5 nitrogen and oxygen atoms in total. The first-order valence-electron chi connectivity index (χ1n) is 4.68. The van der Waals surface area contributed by atoms with Crippen molar-refractivity contribution in [2.75, 3.05) is 20.1 Å². The minimum Gasteiger partial charge on any atom is -0.306 e. The molecule has 2 aliphatic rings. The smallest absolute Gasteiger partial charge is 0.154 e. The predicted molar refractivity (Wildman–Crippen MR) is 46.0 cm³/mol. The lowest BCUT2D eigenvalue weighted by Crippen LogP contribution is -2.19. The second-order valence-corrected chi connectivity index (χ2v) is 4.24. The van der Waals surface area contributed by atoms with Crippen LogP contribution in [-0.4, -0.2) is 45.2 Å². The Kier molecular flexibility index (Phi) is 1.31. The lowest BCUT2D eigenvalue weighted by Gasteiger charge is -2.11. The van der Waals surface area contributed by atoms with E-state index in [-0.39, 0.29) is 0 Å². The van der Waals surface area contributed by atoms with E-state index in [0.29, 0.717) is 5.92 Å². The average Bonchev–Trinajstić information content (AvgIpc) is 2.50. The maximum Gasteiger partial charge on any atom is 0.154 e. The molecular formula is C8H13N5. The van der Waals surface area contributed by atoms with Crippen LogP contribution >= 0.6 is 0 Å². The van der Waals surface area contributed by atoms with E-state index >= 15 is 0 Å². The van der Waals surface area contributed by atoms with E-state index in [1.165, 1.54) is 13.1 Å². The van der Waals surface area contributed by atoms with Gasteiger partial charge in [0.25, 0.3) is 0 Å². The van der Waals surface area contributed by atoms with Crippen LogP contribution in [0.3, 0.4) is 0 Å². The molecule has 0 bridgehead atoms. The third-order valence-electron chi connectivity index (χ3n) is 3.33. The fourth-order valence-corrected chi connectivity index (χ4v) is 2.64. The molecule has 2 heterocycles. The summed E-state index contributed by atoms with van der Waals surface area (Å²) in [5, 5.41) is 11.6.